The van der Waals surface area contributed by atoms with Crippen molar-refractivity contribution in [2.45, 2.75) is 46.2 Å². The van der Waals surface area contributed by atoms with E-state index in [0.717, 1.165) is 35.5 Å². The Bertz CT molecular complexity index is 982. The van der Waals surface area contributed by atoms with E-state index in [4.69, 9.17) is 4.74 Å². The number of nitrogens with zero attached hydrogens (tertiary/aromatic N) is 1. The molecule has 3 rings (SSSR count). The molecular formula is C22H29N5O3S. The number of hydrogen-bond acceptors (Lipinski definition) is 6. The van der Waals surface area contributed by atoms with E-state index in [0.29, 0.717) is 35.5 Å². The van der Waals surface area contributed by atoms with Gasteiger partial charge >= 0.3 is 5.97 Å². The minimum Gasteiger partial charge on any atom is -0.462 e. The number of carbonyl (C=O) groups is 2. The number of ether oxygens (including phenoxy) is 1. The lowest BCUT2D eigenvalue weighted by atomic mass is 10.1. The fraction of sp³-hybridized carbons (Fsp3) is 0.409. The second-order valence-electron chi connectivity index (χ2n) is 7.40. The van der Waals surface area contributed by atoms with Gasteiger partial charge in [0.15, 0.2) is 5.17 Å². The molecule has 166 valence electrons. The van der Waals surface area contributed by atoms with Crippen LogP contribution in [0.5, 0.6) is 0 Å². The highest BCUT2D eigenvalue weighted by Crippen LogP contribution is 2.23. The Morgan fingerprint density at radius 1 is 1.26 bits per heavy atom. The lowest BCUT2D eigenvalue weighted by Gasteiger charge is -2.11. The molecule has 0 atom stereocenters. The third-order valence-corrected chi connectivity index (χ3v) is 5.42. The van der Waals surface area contributed by atoms with Crippen LogP contribution >= 0.6 is 11.8 Å². The van der Waals surface area contributed by atoms with Crippen LogP contribution in [0.4, 0.5) is 5.69 Å². The summed E-state index contributed by atoms with van der Waals surface area (Å²) in [5.74, 6) is -0.391. The standard InChI is InChI=1S/C22H29N5O3S/c1-5-30-21(29)18-11-17(24-14(18)3)12-23-27-22(31-4)26-19-10-15(7-6-13(19)2)20(28)25-16-8-9-16/h6-7,10-11,16,23-24H,5,8-9,12H2,1-4H3,(H,25,28)(H,26,27). The number of aromatic nitrogens is 1. The number of benzene rings is 1. The van der Waals surface area contributed by atoms with Crippen molar-refractivity contribution in [2.24, 2.45) is 4.99 Å². The number of hydrogen-bond donors (Lipinski definition) is 4. The molecule has 0 saturated heterocycles. The molecule has 0 bridgehead atoms. The molecule has 4 N–H and O–H groups in total. The lowest BCUT2D eigenvalue weighted by Crippen LogP contribution is -2.35. The number of rotatable bonds is 8. The number of carbonyl (C=O) groups excluding carboxylic acids is 2. The first-order chi connectivity index (χ1) is 14.9. The monoisotopic (exact) mass is 443 g/mol. The average Bonchev–Trinajstić information content (AvgIpc) is 3.48. The molecule has 1 fully saturated rings. The third kappa shape index (κ3) is 6.35. The lowest BCUT2D eigenvalue weighted by molar-refractivity contribution is 0.0525. The predicted octanol–water partition coefficient (Wildman–Crippen LogP) is 3.35. The number of esters is 1. The normalized spacial score (nSPS) is 13.7. The number of aliphatic imine (C=N–C) groups is 1. The minimum absolute atomic E-state index is 0.0599. The SMILES string of the molecule is CCOC(=O)c1cc(CNNC(=Nc2cc(C(=O)NC3CC3)ccc2C)SC)[nH]c1C. The number of amidine groups is 1. The van der Waals surface area contributed by atoms with E-state index < -0.39 is 0 Å². The first kappa shape index (κ1) is 22.9. The molecule has 2 aromatic rings. The number of thioether (sulfide) groups is 1. The summed E-state index contributed by atoms with van der Waals surface area (Å²) >= 11 is 1.45. The van der Waals surface area contributed by atoms with Crippen LogP contribution in [0.1, 0.15) is 57.4 Å². The van der Waals surface area contributed by atoms with Gasteiger partial charge in [0.2, 0.25) is 0 Å². The second kappa shape index (κ2) is 10.5. The molecular weight excluding hydrogens is 414 g/mol. The fourth-order valence-electron chi connectivity index (χ4n) is 2.96. The van der Waals surface area contributed by atoms with Crippen LogP contribution in [0.15, 0.2) is 29.3 Å². The van der Waals surface area contributed by atoms with Crippen molar-refractivity contribution in [1.29, 1.82) is 0 Å². The summed E-state index contributed by atoms with van der Waals surface area (Å²) in [6.07, 6.45) is 4.02. The van der Waals surface area contributed by atoms with E-state index in [-0.39, 0.29) is 11.9 Å². The molecule has 0 aliphatic heterocycles. The number of aryl methyl sites for hydroxylation is 2. The first-order valence-corrected chi connectivity index (χ1v) is 11.5. The van der Waals surface area contributed by atoms with Gasteiger partial charge in [0.05, 0.1) is 24.4 Å². The van der Waals surface area contributed by atoms with Gasteiger partial charge in [0, 0.05) is 23.0 Å². The van der Waals surface area contributed by atoms with Crippen molar-refractivity contribution in [3.63, 3.8) is 0 Å². The number of H-pyrrole nitrogens is 1. The van der Waals surface area contributed by atoms with Gasteiger partial charge in [-0.1, -0.05) is 17.8 Å². The molecule has 8 nitrogen and oxygen atoms in total. The van der Waals surface area contributed by atoms with Gasteiger partial charge in [-0.2, -0.15) is 0 Å². The summed E-state index contributed by atoms with van der Waals surface area (Å²) in [6.45, 7) is 6.39. The van der Waals surface area contributed by atoms with Crippen LogP contribution < -0.4 is 16.2 Å². The van der Waals surface area contributed by atoms with Gasteiger partial charge in [-0.3, -0.25) is 10.2 Å². The van der Waals surface area contributed by atoms with Gasteiger partial charge in [0.1, 0.15) is 0 Å². The maximum atomic E-state index is 12.3. The fourth-order valence-corrected chi connectivity index (χ4v) is 3.32. The smallest absolute Gasteiger partial charge is 0.339 e. The molecule has 31 heavy (non-hydrogen) atoms. The Morgan fingerprint density at radius 2 is 2.03 bits per heavy atom. The number of amides is 1. The van der Waals surface area contributed by atoms with E-state index in [9.17, 15) is 9.59 Å². The molecule has 9 heteroatoms. The van der Waals surface area contributed by atoms with Crippen molar-refractivity contribution in [3.8, 4) is 0 Å². The average molecular weight is 444 g/mol. The summed E-state index contributed by atoms with van der Waals surface area (Å²) in [6, 6.07) is 7.64. The summed E-state index contributed by atoms with van der Waals surface area (Å²) < 4.78 is 5.06. The van der Waals surface area contributed by atoms with Crippen molar-refractivity contribution < 1.29 is 14.3 Å². The molecule has 1 heterocycles. The third-order valence-electron chi connectivity index (χ3n) is 4.84. The van der Waals surface area contributed by atoms with Crippen LogP contribution in [-0.4, -0.2) is 40.9 Å². The quantitative estimate of drug-likeness (QED) is 0.216. The Morgan fingerprint density at radius 3 is 2.71 bits per heavy atom. The molecule has 1 amide bonds. The zero-order chi connectivity index (χ0) is 22.4. The minimum atomic E-state index is -0.331. The highest BCUT2D eigenvalue weighted by Gasteiger charge is 2.24. The summed E-state index contributed by atoms with van der Waals surface area (Å²) in [7, 11) is 0. The van der Waals surface area contributed by atoms with Gasteiger partial charge in [-0.05, 0) is 63.6 Å². The summed E-state index contributed by atoms with van der Waals surface area (Å²) in [4.78, 5) is 32.1. The van der Waals surface area contributed by atoms with E-state index in [2.05, 4.69) is 26.1 Å². The van der Waals surface area contributed by atoms with Gasteiger partial charge in [0.25, 0.3) is 5.91 Å². The maximum absolute atomic E-state index is 12.3. The van der Waals surface area contributed by atoms with Crippen LogP contribution in [-0.2, 0) is 11.3 Å². The van der Waals surface area contributed by atoms with Crippen LogP contribution in [0.25, 0.3) is 0 Å². The number of nitrogens with one attached hydrogen (secondary N) is 4. The van der Waals surface area contributed by atoms with E-state index in [1.807, 2.05) is 38.3 Å². The highest BCUT2D eigenvalue weighted by molar-refractivity contribution is 8.13. The Balaban J connectivity index is 1.62. The van der Waals surface area contributed by atoms with E-state index in [1.54, 1.807) is 13.0 Å². The zero-order valence-electron chi connectivity index (χ0n) is 18.3. The number of hydrazine groups is 1. The molecule has 0 radical (unpaired) electrons. The second-order valence-corrected chi connectivity index (χ2v) is 8.20. The zero-order valence-corrected chi connectivity index (χ0v) is 19.1. The van der Waals surface area contributed by atoms with Crippen molar-refractivity contribution in [1.82, 2.24) is 21.2 Å². The van der Waals surface area contributed by atoms with Gasteiger partial charge < -0.3 is 15.0 Å². The number of aromatic amines is 1. The molecule has 1 aromatic heterocycles. The maximum Gasteiger partial charge on any atom is 0.339 e. The molecule has 0 spiro atoms. The van der Waals surface area contributed by atoms with E-state index in [1.165, 1.54) is 11.8 Å². The molecule has 0 unspecified atom stereocenters. The Labute approximate surface area is 186 Å². The van der Waals surface area contributed by atoms with Gasteiger partial charge in [-0.15, -0.1) is 0 Å². The molecule has 1 aromatic carbocycles. The van der Waals surface area contributed by atoms with Crippen LogP contribution in [0.2, 0.25) is 0 Å². The van der Waals surface area contributed by atoms with Gasteiger partial charge in [-0.25, -0.2) is 15.2 Å². The highest BCUT2D eigenvalue weighted by atomic mass is 32.2. The molecule has 1 aliphatic carbocycles. The summed E-state index contributed by atoms with van der Waals surface area (Å²) in [5.41, 5.74) is 10.7. The largest absolute Gasteiger partial charge is 0.462 e. The predicted molar refractivity (Wildman–Crippen MR) is 124 cm³/mol. The Kier molecular flexibility index (Phi) is 7.75. The van der Waals surface area contributed by atoms with E-state index >= 15 is 0 Å². The molecule has 1 saturated carbocycles. The molecule has 1 aliphatic rings. The first-order valence-electron chi connectivity index (χ1n) is 10.3. The topological polar surface area (TPSA) is 108 Å². The van der Waals surface area contributed by atoms with Crippen LogP contribution in [0.3, 0.4) is 0 Å². The van der Waals surface area contributed by atoms with Crippen molar-refractivity contribution in [2.75, 3.05) is 12.9 Å². The van der Waals surface area contributed by atoms with Crippen molar-refractivity contribution >= 4 is 34.5 Å². The summed E-state index contributed by atoms with van der Waals surface area (Å²) in [5, 5.41) is 3.67. The van der Waals surface area contributed by atoms with Crippen molar-refractivity contribution in [3.05, 3.63) is 52.3 Å². The Hall–Kier alpha value is -2.78. The van der Waals surface area contributed by atoms with Crippen LogP contribution in [0, 0.1) is 13.8 Å².